The first-order valence-corrected chi connectivity index (χ1v) is 7.70. The van der Waals surface area contributed by atoms with E-state index in [9.17, 15) is 0 Å². The van der Waals surface area contributed by atoms with Crippen molar-refractivity contribution in [1.82, 2.24) is 5.32 Å². The fourth-order valence-electron chi connectivity index (χ4n) is 2.68. The predicted molar refractivity (Wildman–Crippen MR) is 89.0 cm³/mol. The van der Waals surface area contributed by atoms with E-state index in [0.29, 0.717) is 6.61 Å². The third-order valence-corrected chi connectivity index (χ3v) is 3.90. The van der Waals surface area contributed by atoms with E-state index in [4.69, 9.17) is 4.74 Å². The summed E-state index contributed by atoms with van der Waals surface area (Å²) in [6, 6.07) is 15.0. The van der Waals surface area contributed by atoms with E-state index in [1.54, 1.807) is 0 Å². The van der Waals surface area contributed by atoms with E-state index in [0.717, 1.165) is 12.3 Å². The molecule has 1 unspecified atom stereocenters. The molecule has 2 rings (SSSR count). The van der Waals surface area contributed by atoms with Crippen LogP contribution in [0.1, 0.15) is 42.1 Å². The molecule has 0 heterocycles. The van der Waals surface area contributed by atoms with Crippen LogP contribution in [-0.4, -0.2) is 13.2 Å². The molecular weight excluding hydrogens is 258 g/mol. The maximum atomic E-state index is 5.82. The van der Waals surface area contributed by atoms with Crippen LogP contribution in [0.15, 0.2) is 42.5 Å². The highest BCUT2D eigenvalue weighted by molar-refractivity contribution is 5.45. The van der Waals surface area contributed by atoms with Crippen molar-refractivity contribution >= 4 is 0 Å². The summed E-state index contributed by atoms with van der Waals surface area (Å²) in [6.45, 7) is 10.1. The van der Waals surface area contributed by atoms with Gasteiger partial charge in [0.15, 0.2) is 0 Å². The molecule has 2 nitrogen and oxygen atoms in total. The first-order chi connectivity index (χ1) is 10.2. The minimum Gasteiger partial charge on any atom is -0.494 e. The van der Waals surface area contributed by atoms with Crippen molar-refractivity contribution < 1.29 is 4.74 Å². The second kappa shape index (κ2) is 7.28. The monoisotopic (exact) mass is 283 g/mol. The standard InChI is InChI=1S/C19H25NO/c1-5-20-19(16-12-9-10-14(3)15(16)4)17-11-7-8-13-18(17)21-6-2/h7-13,19-20H,5-6H2,1-4H3. The molecule has 0 amide bonds. The van der Waals surface area contributed by atoms with Crippen molar-refractivity contribution in [2.75, 3.05) is 13.2 Å². The number of rotatable bonds is 6. The van der Waals surface area contributed by atoms with Crippen LogP contribution >= 0.6 is 0 Å². The molecule has 0 bridgehead atoms. The van der Waals surface area contributed by atoms with Gasteiger partial charge in [0.1, 0.15) is 5.75 Å². The summed E-state index contributed by atoms with van der Waals surface area (Å²) < 4.78 is 5.82. The van der Waals surface area contributed by atoms with E-state index < -0.39 is 0 Å². The van der Waals surface area contributed by atoms with Gasteiger partial charge in [-0.15, -0.1) is 0 Å². The summed E-state index contributed by atoms with van der Waals surface area (Å²) in [6.07, 6.45) is 0. The lowest BCUT2D eigenvalue weighted by Crippen LogP contribution is -2.23. The molecule has 2 heteroatoms. The summed E-state index contributed by atoms with van der Waals surface area (Å²) in [4.78, 5) is 0. The quantitative estimate of drug-likeness (QED) is 0.848. The minimum absolute atomic E-state index is 0.164. The summed E-state index contributed by atoms with van der Waals surface area (Å²) in [5, 5.41) is 3.60. The smallest absolute Gasteiger partial charge is 0.124 e. The highest BCUT2D eigenvalue weighted by Gasteiger charge is 2.19. The summed E-state index contributed by atoms with van der Waals surface area (Å²) >= 11 is 0. The van der Waals surface area contributed by atoms with Gasteiger partial charge in [0.05, 0.1) is 12.6 Å². The number of para-hydroxylation sites is 1. The molecule has 0 aliphatic heterocycles. The van der Waals surface area contributed by atoms with Gasteiger partial charge in [0, 0.05) is 5.56 Å². The van der Waals surface area contributed by atoms with Gasteiger partial charge in [0.25, 0.3) is 0 Å². The number of hydrogen-bond acceptors (Lipinski definition) is 2. The van der Waals surface area contributed by atoms with Gasteiger partial charge in [-0.05, 0) is 50.1 Å². The molecule has 1 atom stereocenters. The lowest BCUT2D eigenvalue weighted by Gasteiger charge is -2.24. The molecule has 0 aliphatic carbocycles. The van der Waals surface area contributed by atoms with Crippen molar-refractivity contribution in [3.05, 3.63) is 64.7 Å². The van der Waals surface area contributed by atoms with Crippen LogP contribution in [0.2, 0.25) is 0 Å². The molecule has 0 saturated carbocycles. The van der Waals surface area contributed by atoms with Crippen molar-refractivity contribution in [2.24, 2.45) is 0 Å². The number of hydrogen-bond donors (Lipinski definition) is 1. The fourth-order valence-corrected chi connectivity index (χ4v) is 2.68. The SMILES string of the molecule is CCNC(c1ccccc1OCC)c1cccc(C)c1C. The number of benzene rings is 2. The fraction of sp³-hybridized carbons (Fsp3) is 0.368. The second-order valence-electron chi connectivity index (χ2n) is 5.25. The normalized spacial score (nSPS) is 12.2. The average Bonchev–Trinajstić information content (AvgIpc) is 2.49. The zero-order valence-electron chi connectivity index (χ0n) is 13.4. The van der Waals surface area contributed by atoms with Crippen molar-refractivity contribution in [3.8, 4) is 5.75 Å². The van der Waals surface area contributed by atoms with Crippen LogP contribution < -0.4 is 10.1 Å². The highest BCUT2D eigenvalue weighted by atomic mass is 16.5. The van der Waals surface area contributed by atoms with Gasteiger partial charge in [-0.3, -0.25) is 0 Å². The Bertz CT molecular complexity index is 592. The predicted octanol–water partition coefficient (Wildman–Crippen LogP) is 4.40. The summed E-state index contributed by atoms with van der Waals surface area (Å²) in [5.74, 6) is 0.965. The molecule has 0 saturated heterocycles. The third kappa shape index (κ3) is 3.45. The first kappa shape index (κ1) is 15.6. The van der Waals surface area contributed by atoms with E-state index in [2.05, 4.69) is 56.4 Å². The Morgan fingerprint density at radius 3 is 2.38 bits per heavy atom. The molecule has 0 fully saturated rings. The van der Waals surface area contributed by atoms with Crippen LogP contribution in [0.5, 0.6) is 5.75 Å². The van der Waals surface area contributed by atoms with E-state index in [1.807, 2.05) is 19.1 Å². The first-order valence-electron chi connectivity index (χ1n) is 7.70. The Hall–Kier alpha value is -1.80. The van der Waals surface area contributed by atoms with Crippen LogP contribution in [0.25, 0.3) is 0 Å². The van der Waals surface area contributed by atoms with Crippen LogP contribution in [0.4, 0.5) is 0 Å². The zero-order valence-corrected chi connectivity index (χ0v) is 13.4. The van der Waals surface area contributed by atoms with Crippen LogP contribution in [0, 0.1) is 13.8 Å². The van der Waals surface area contributed by atoms with Gasteiger partial charge < -0.3 is 10.1 Å². The zero-order chi connectivity index (χ0) is 15.2. The van der Waals surface area contributed by atoms with Gasteiger partial charge in [-0.1, -0.05) is 43.3 Å². The number of aryl methyl sites for hydroxylation is 1. The molecule has 2 aromatic rings. The van der Waals surface area contributed by atoms with E-state index in [-0.39, 0.29) is 6.04 Å². The molecule has 2 aromatic carbocycles. The number of ether oxygens (including phenoxy) is 1. The Balaban J connectivity index is 2.51. The van der Waals surface area contributed by atoms with Crippen molar-refractivity contribution in [3.63, 3.8) is 0 Å². The van der Waals surface area contributed by atoms with E-state index >= 15 is 0 Å². The molecule has 0 aromatic heterocycles. The molecule has 112 valence electrons. The Kier molecular flexibility index (Phi) is 5.40. The third-order valence-electron chi connectivity index (χ3n) is 3.90. The minimum atomic E-state index is 0.164. The van der Waals surface area contributed by atoms with E-state index in [1.165, 1.54) is 22.3 Å². The topological polar surface area (TPSA) is 21.3 Å². The Morgan fingerprint density at radius 2 is 1.67 bits per heavy atom. The molecule has 21 heavy (non-hydrogen) atoms. The molecular formula is C19H25NO. The molecule has 0 aliphatic rings. The van der Waals surface area contributed by atoms with Crippen molar-refractivity contribution in [2.45, 2.75) is 33.7 Å². The van der Waals surface area contributed by atoms with Gasteiger partial charge in [-0.25, -0.2) is 0 Å². The van der Waals surface area contributed by atoms with Crippen molar-refractivity contribution in [1.29, 1.82) is 0 Å². The molecule has 1 N–H and O–H groups in total. The number of nitrogens with one attached hydrogen (secondary N) is 1. The lowest BCUT2D eigenvalue weighted by atomic mass is 9.92. The lowest BCUT2D eigenvalue weighted by molar-refractivity contribution is 0.333. The van der Waals surface area contributed by atoms with Gasteiger partial charge >= 0.3 is 0 Å². The molecule has 0 spiro atoms. The Labute approximate surface area is 128 Å². The van der Waals surface area contributed by atoms with Gasteiger partial charge in [0.2, 0.25) is 0 Å². The summed E-state index contributed by atoms with van der Waals surface area (Å²) in [5.41, 5.74) is 5.19. The van der Waals surface area contributed by atoms with Crippen LogP contribution in [0.3, 0.4) is 0 Å². The van der Waals surface area contributed by atoms with Gasteiger partial charge in [-0.2, -0.15) is 0 Å². The Morgan fingerprint density at radius 1 is 0.952 bits per heavy atom. The maximum Gasteiger partial charge on any atom is 0.124 e. The highest BCUT2D eigenvalue weighted by Crippen LogP contribution is 2.32. The average molecular weight is 283 g/mol. The second-order valence-corrected chi connectivity index (χ2v) is 5.25. The summed E-state index contributed by atoms with van der Waals surface area (Å²) in [7, 11) is 0. The van der Waals surface area contributed by atoms with Crippen LogP contribution in [-0.2, 0) is 0 Å². The molecule has 0 radical (unpaired) electrons. The maximum absolute atomic E-state index is 5.82. The largest absolute Gasteiger partial charge is 0.494 e.